The van der Waals surface area contributed by atoms with Gasteiger partial charge in [0.05, 0.1) is 11.0 Å². The number of aromatic nitrogens is 1. The molecule has 11 aromatic carbocycles. The van der Waals surface area contributed by atoms with E-state index in [2.05, 4.69) is 294 Å². The van der Waals surface area contributed by atoms with Crippen molar-refractivity contribution in [2.45, 2.75) is 142 Å². The number of nitrogens with zero attached hydrogens (tertiary/aromatic N) is 2. The molecule has 0 bridgehead atoms. The van der Waals surface area contributed by atoms with Crippen LogP contribution >= 0.6 is 0 Å². The van der Waals surface area contributed by atoms with Gasteiger partial charge in [0.1, 0.15) is 0 Å². The second kappa shape index (κ2) is 25.1. The summed E-state index contributed by atoms with van der Waals surface area (Å²) in [5, 5.41) is 2.49. The van der Waals surface area contributed by atoms with E-state index in [0.717, 1.165) is 17.1 Å². The zero-order valence-electron chi connectivity index (χ0n) is 53.9. The summed E-state index contributed by atoms with van der Waals surface area (Å²) in [7, 11) is 0. The van der Waals surface area contributed by atoms with Gasteiger partial charge in [0.2, 0.25) is 0 Å². The molecule has 2 aliphatic carbocycles. The predicted octanol–water partition coefficient (Wildman–Crippen LogP) is 25.6. The molecule has 1 aromatic heterocycles. The third-order valence-corrected chi connectivity index (χ3v) is 20.5. The van der Waals surface area contributed by atoms with Crippen LogP contribution in [-0.4, -0.2) is 4.57 Å². The molecule has 0 saturated carbocycles. The van der Waals surface area contributed by atoms with Gasteiger partial charge in [-0.2, -0.15) is 0 Å². The fourth-order valence-corrected chi connectivity index (χ4v) is 15.7. The van der Waals surface area contributed by atoms with Gasteiger partial charge in [-0.15, -0.1) is 0 Å². The van der Waals surface area contributed by atoms with Gasteiger partial charge in [-0.05, 0) is 200 Å². The first-order valence-electron chi connectivity index (χ1n) is 33.9. The number of benzene rings is 11. The maximum Gasteiger partial charge on any atom is 0.0541 e. The molecule has 0 radical (unpaired) electrons. The summed E-state index contributed by atoms with van der Waals surface area (Å²) in [6, 6.07) is 92.4. The number of aryl methyl sites for hydroxylation is 2. The number of unbranched alkanes of at least 4 members (excludes halogenated alkanes) is 10. The van der Waals surface area contributed by atoms with Crippen molar-refractivity contribution in [2.75, 3.05) is 4.90 Å². The largest absolute Gasteiger partial charge is 0.310 e. The van der Waals surface area contributed by atoms with Gasteiger partial charge in [-0.3, -0.25) is 0 Å². The smallest absolute Gasteiger partial charge is 0.0541 e. The molecule has 14 rings (SSSR count). The molecule has 2 heteroatoms. The third kappa shape index (κ3) is 11.0. The second-order valence-corrected chi connectivity index (χ2v) is 26.8. The number of fused-ring (bicyclic) bond motifs is 9. The molecule has 1 heterocycles. The standard InChI is InChI=1S/C88H86N2/c1-7-9-11-13-15-25-51-88(52-26-16-14-12-10-8-2)83-55-61(3)33-46-77(83)78-47-38-69(59-84(78)88)70-53-62(4)54-74(56-70)90-85-49-39-67(64-29-21-18-22-30-64)57-79(85)80-58-68(40-50-86(80)90)66-36-43-72(44-37-66)89(71-41-34-65(35-42-71)63-27-19-17-20-28-63)73-45-48-76-75-31-23-24-32-81(75)87(5,6)82(76)60-73/h17-24,27-50,53-60H,7-16,25-26,51-52H2,1-6H3. The fourth-order valence-electron chi connectivity index (χ4n) is 15.7. The Bertz CT molecular complexity index is 4520. The Hall–Kier alpha value is -8.98. The van der Waals surface area contributed by atoms with Crippen LogP contribution in [0, 0.1) is 13.8 Å². The Kier molecular flexibility index (Phi) is 16.4. The maximum absolute atomic E-state index is 2.64. The van der Waals surface area contributed by atoms with Gasteiger partial charge >= 0.3 is 0 Å². The van der Waals surface area contributed by atoms with E-state index in [1.54, 1.807) is 11.1 Å². The molecule has 0 spiro atoms. The molecular weight excluding hydrogens is 1080 g/mol. The minimum atomic E-state index is -0.123. The van der Waals surface area contributed by atoms with Gasteiger partial charge in [-0.1, -0.05) is 274 Å². The first-order valence-corrected chi connectivity index (χ1v) is 33.9. The number of rotatable bonds is 22. The molecule has 2 nitrogen and oxygen atoms in total. The van der Waals surface area contributed by atoms with Gasteiger partial charge in [0.25, 0.3) is 0 Å². The molecule has 90 heavy (non-hydrogen) atoms. The Balaban J connectivity index is 0.848. The van der Waals surface area contributed by atoms with Crippen LogP contribution in [-0.2, 0) is 10.8 Å². The zero-order valence-corrected chi connectivity index (χ0v) is 53.9. The number of anilines is 3. The Morgan fingerprint density at radius 2 is 0.756 bits per heavy atom. The van der Waals surface area contributed by atoms with E-state index in [1.807, 2.05) is 0 Å². The van der Waals surface area contributed by atoms with E-state index in [0.29, 0.717) is 0 Å². The highest BCUT2D eigenvalue weighted by Crippen LogP contribution is 2.56. The van der Waals surface area contributed by atoms with Crippen LogP contribution in [0.15, 0.2) is 243 Å². The summed E-state index contributed by atoms with van der Waals surface area (Å²) >= 11 is 0. The lowest BCUT2D eigenvalue weighted by molar-refractivity contribution is 0.398. The van der Waals surface area contributed by atoms with Crippen molar-refractivity contribution in [1.29, 1.82) is 0 Å². The van der Waals surface area contributed by atoms with Gasteiger partial charge in [-0.25, -0.2) is 0 Å². The summed E-state index contributed by atoms with van der Waals surface area (Å²) in [6.07, 6.45) is 18.2. The summed E-state index contributed by atoms with van der Waals surface area (Å²) in [5.41, 5.74) is 30.8. The van der Waals surface area contributed by atoms with Crippen LogP contribution in [0.4, 0.5) is 17.1 Å². The first-order chi connectivity index (χ1) is 44.1. The van der Waals surface area contributed by atoms with E-state index >= 15 is 0 Å². The normalized spacial score (nSPS) is 13.4. The minimum absolute atomic E-state index is 0.0117. The molecule has 0 amide bonds. The molecule has 12 aromatic rings. The Labute approximate surface area is 536 Å². The Morgan fingerprint density at radius 3 is 1.37 bits per heavy atom. The maximum atomic E-state index is 2.64. The lowest BCUT2D eigenvalue weighted by Crippen LogP contribution is -2.25. The molecule has 448 valence electrons. The van der Waals surface area contributed by atoms with Crippen molar-refractivity contribution in [3.05, 3.63) is 276 Å². The van der Waals surface area contributed by atoms with E-state index in [4.69, 9.17) is 0 Å². The minimum Gasteiger partial charge on any atom is -0.310 e. The average Bonchev–Trinajstić information content (AvgIpc) is 1.94. The van der Waals surface area contributed by atoms with Crippen molar-refractivity contribution >= 4 is 38.9 Å². The summed E-state index contributed by atoms with van der Waals surface area (Å²) < 4.78 is 2.54. The van der Waals surface area contributed by atoms with E-state index in [9.17, 15) is 0 Å². The molecule has 0 fully saturated rings. The van der Waals surface area contributed by atoms with E-state index in [-0.39, 0.29) is 10.8 Å². The van der Waals surface area contributed by atoms with E-state index in [1.165, 1.54) is 206 Å². The highest BCUT2D eigenvalue weighted by atomic mass is 15.1. The highest BCUT2D eigenvalue weighted by molar-refractivity contribution is 6.12. The highest BCUT2D eigenvalue weighted by Gasteiger charge is 2.43. The van der Waals surface area contributed by atoms with E-state index < -0.39 is 0 Å². The fraction of sp³-hybridized carbons (Fsp3) is 0.250. The Morgan fingerprint density at radius 1 is 0.311 bits per heavy atom. The topological polar surface area (TPSA) is 8.17 Å². The van der Waals surface area contributed by atoms with Crippen LogP contribution in [0.2, 0.25) is 0 Å². The van der Waals surface area contributed by atoms with Crippen LogP contribution in [0.5, 0.6) is 0 Å². The second-order valence-electron chi connectivity index (χ2n) is 26.8. The van der Waals surface area contributed by atoms with Crippen molar-refractivity contribution in [1.82, 2.24) is 4.57 Å². The average molecular weight is 1170 g/mol. The lowest BCUT2D eigenvalue weighted by atomic mass is 9.70. The SMILES string of the molecule is CCCCCCCCC1(CCCCCCCC)c2cc(C)ccc2-c2ccc(-c3cc(C)cc(-n4c5ccc(-c6ccccc6)cc5c5cc(-c6ccc(N(c7ccc(-c8ccccc8)cc7)c7ccc8c(c7)C(C)(C)c7ccccc7-8)cc6)ccc54)c3)cc21. The van der Waals surface area contributed by atoms with Gasteiger partial charge < -0.3 is 9.47 Å². The monoisotopic (exact) mass is 1170 g/mol. The van der Waals surface area contributed by atoms with Gasteiger partial charge in [0.15, 0.2) is 0 Å². The van der Waals surface area contributed by atoms with Gasteiger partial charge in [0, 0.05) is 44.4 Å². The van der Waals surface area contributed by atoms with Crippen LogP contribution in [0.3, 0.4) is 0 Å². The molecule has 0 atom stereocenters. The molecule has 0 N–H and O–H groups in total. The molecule has 0 unspecified atom stereocenters. The van der Waals surface area contributed by atoms with Crippen LogP contribution in [0.25, 0.3) is 94.3 Å². The van der Waals surface area contributed by atoms with Crippen molar-refractivity contribution in [3.8, 4) is 72.4 Å². The van der Waals surface area contributed by atoms with Crippen molar-refractivity contribution < 1.29 is 0 Å². The first kappa shape index (κ1) is 58.7. The molecular formula is C88H86N2. The molecule has 2 aliphatic rings. The quantitative estimate of drug-likeness (QED) is 0.0614. The zero-order chi connectivity index (χ0) is 61.3. The van der Waals surface area contributed by atoms with Crippen molar-refractivity contribution in [2.24, 2.45) is 0 Å². The third-order valence-electron chi connectivity index (χ3n) is 20.5. The van der Waals surface area contributed by atoms with Crippen LogP contribution in [0.1, 0.15) is 151 Å². The predicted molar refractivity (Wildman–Crippen MR) is 386 cm³/mol. The number of hydrogen-bond donors (Lipinski definition) is 0. The molecule has 0 saturated heterocycles. The molecule has 0 aliphatic heterocycles. The summed E-state index contributed by atoms with van der Waals surface area (Å²) in [4.78, 5) is 2.43. The summed E-state index contributed by atoms with van der Waals surface area (Å²) in [5.74, 6) is 0. The summed E-state index contributed by atoms with van der Waals surface area (Å²) in [6.45, 7) is 14.0. The van der Waals surface area contributed by atoms with Crippen molar-refractivity contribution in [3.63, 3.8) is 0 Å². The lowest BCUT2D eigenvalue weighted by Gasteiger charge is -2.33. The number of hydrogen-bond acceptors (Lipinski definition) is 1. The van der Waals surface area contributed by atoms with Crippen LogP contribution < -0.4 is 4.90 Å².